The Bertz CT molecular complexity index is 1340. The van der Waals surface area contributed by atoms with E-state index in [1.54, 1.807) is 43.0 Å². The van der Waals surface area contributed by atoms with Crippen LogP contribution in [-0.2, 0) is 12.0 Å². The number of pyridine rings is 1. The summed E-state index contributed by atoms with van der Waals surface area (Å²) in [5.41, 5.74) is 2.31. The van der Waals surface area contributed by atoms with Crippen LogP contribution in [0.3, 0.4) is 0 Å². The lowest BCUT2D eigenvalue weighted by Crippen LogP contribution is -2.32. The summed E-state index contributed by atoms with van der Waals surface area (Å²) in [7, 11) is 0. The number of fused-ring (bicyclic) bond motifs is 1. The van der Waals surface area contributed by atoms with Crippen molar-refractivity contribution in [3.05, 3.63) is 82.4 Å². The minimum absolute atomic E-state index is 0.227. The molecule has 0 bridgehead atoms. The number of hydrogen-bond acceptors (Lipinski definition) is 8. The number of carbonyl (C=O) groups is 1. The van der Waals surface area contributed by atoms with Crippen LogP contribution in [0.25, 0.3) is 10.6 Å². The minimum atomic E-state index is -1.25. The molecule has 33 heavy (non-hydrogen) atoms. The van der Waals surface area contributed by atoms with Gasteiger partial charge in [0.15, 0.2) is 0 Å². The summed E-state index contributed by atoms with van der Waals surface area (Å²) >= 11 is 1.39. The Morgan fingerprint density at radius 3 is 2.79 bits per heavy atom. The summed E-state index contributed by atoms with van der Waals surface area (Å²) in [4.78, 5) is 29.7. The van der Waals surface area contributed by atoms with E-state index in [0.717, 1.165) is 40.1 Å². The molecule has 0 fully saturated rings. The lowest BCUT2D eigenvalue weighted by Gasteiger charge is -2.33. The van der Waals surface area contributed by atoms with Crippen molar-refractivity contribution < 1.29 is 15.0 Å². The van der Waals surface area contributed by atoms with Crippen LogP contribution in [0.2, 0.25) is 0 Å². The first kappa shape index (κ1) is 21.2. The molecule has 0 saturated carbocycles. The first-order chi connectivity index (χ1) is 15.9. The van der Waals surface area contributed by atoms with Gasteiger partial charge in [0.1, 0.15) is 22.2 Å². The maximum atomic E-state index is 11.6. The highest BCUT2D eigenvalue weighted by Gasteiger charge is 2.39. The SMILES string of the molecule is Cc1cc(Nc2cnccn2)nc(-c2cnc([C@@]3(O)CCCc4cc(C(=O)O)ccc43)s2)c1. The quantitative estimate of drug-likeness (QED) is 0.403. The van der Waals surface area contributed by atoms with Crippen LogP contribution < -0.4 is 5.32 Å². The fourth-order valence-electron chi connectivity index (χ4n) is 4.16. The maximum absolute atomic E-state index is 11.6. The zero-order chi connectivity index (χ0) is 23.0. The molecular formula is C24H21N5O3S. The fourth-order valence-corrected chi connectivity index (χ4v) is 5.17. The predicted molar refractivity (Wildman–Crippen MR) is 125 cm³/mol. The standard InChI is InChI=1S/C24H21N5O3S/c1-14-9-18(28-20(10-14)29-21-13-25-7-8-26-21)19-12-27-23(33-19)24(32)6-2-3-15-11-16(22(30)31)4-5-17(15)24/h4-5,7-13,32H,2-3,6H2,1H3,(H,30,31)(H,26,28,29)/t24-/m1/s1. The lowest BCUT2D eigenvalue weighted by molar-refractivity contribution is 0.0607. The van der Waals surface area contributed by atoms with Crippen molar-refractivity contribution in [2.24, 2.45) is 0 Å². The summed E-state index contributed by atoms with van der Waals surface area (Å²) in [6, 6.07) is 8.80. The van der Waals surface area contributed by atoms with Gasteiger partial charge in [-0.2, -0.15) is 0 Å². The Balaban J connectivity index is 1.49. The van der Waals surface area contributed by atoms with Gasteiger partial charge in [-0.05, 0) is 67.1 Å². The van der Waals surface area contributed by atoms with Crippen LogP contribution >= 0.6 is 11.3 Å². The average Bonchev–Trinajstić information content (AvgIpc) is 3.31. The van der Waals surface area contributed by atoms with Gasteiger partial charge in [0.2, 0.25) is 0 Å². The molecule has 1 atom stereocenters. The zero-order valence-electron chi connectivity index (χ0n) is 17.8. The molecule has 1 aliphatic rings. The third-order valence-corrected chi connectivity index (χ3v) is 6.85. The fraction of sp³-hybridized carbons (Fsp3) is 0.208. The number of thiazole rings is 1. The Labute approximate surface area is 194 Å². The minimum Gasteiger partial charge on any atom is -0.478 e. The second kappa shape index (κ2) is 8.34. The number of carboxylic acid groups (broad SMARTS) is 1. The van der Waals surface area contributed by atoms with Crippen molar-refractivity contribution in [3.63, 3.8) is 0 Å². The van der Waals surface area contributed by atoms with Gasteiger partial charge in [0, 0.05) is 18.6 Å². The summed E-state index contributed by atoms with van der Waals surface area (Å²) in [6.45, 7) is 1.99. The first-order valence-corrected chi connectivity index (χ1v) is 11.3. The van der Waals surface area contributed by atoms with Gasteiger partial charge in [-0.3, -0.25) is 4.98 Å². The highest BCUT2D eigenvalue weighted by Crippen LogP contribution is 2.43. The van der Waals surface area contributed by atoms with Crippen molar-refractivity contribution in [1.29, 1.82) is 0 Å². The average molecular weight is 460 g/mol. The summed E-state index contributed by atoms with van der Waals surface area (Å²) < 4.78 is 0. The molecule has 0 radical (unpaired) electrons. The smallest absolute Gasteiger partial charge is 0.335 e. The molecule has 0 saturated heterocycles. The molecule has 9 heteroatoms. The van der Waals surface area contributed by atoms with Crippen molar-refractivity contribution in [3.8, 4) is 10.6 Å². The number of aliphatic hydroxyl groups is 1. The maximum Gasteiger partial charge on any atom is 0.335 e. The summed E-state index contributed by atoms with van der Waals surface area (Å²) in [5.74, 6) is 0.267. The molecule has 1 aromatic carbocycles. The number of hydrogen-bond donors (Lipinski definition) is 3. The Kier molecular flexibility index (Phi) is 5.35. The highest BCUT2D eigenvalue weighted by atomic mass is 32.1. The second-order valence-electron chi connectivity index (χ2n) is 8.05. The molecule has 5 rings (SSSR count). The number of benzene rings is 1. The predicted octanol–water partition coefficient (Wildman–Crippen LogP) is 4.32. The molecule has 0 unspecified atom stereocenters. The summed E-state index contributed by atoms with van der Waals surface area (Å²) in [5, 5.41) is 24.7. The first-order valence-electron chi connectivity index (χ1n) is 10.5. The number of rotatable bonds is 5. The largest absolute Gasteiger partial charge is 0.478 e. The number of nitrogens with zero attached hydrogens (tertiary/aromatic N) is 4. The molecule has 166 valence electrons. The van der Waals surface area contributed by atoms with Crippen molar-refractivity contribution in [2.75, 3.05) is 5.32 Å². The molecule has 8 nitrogen and oxygen atoms in total. The van der Waals surface area contributed by atoms with Crippen LogP contribution in [0.15, 0.2) is 55.1 Å². The third-order valence-electron chi connectivity index (χ3n) is 5.68. The van der Waals surface area contributed by atoms with E-state index in [0.29, 0.717) is 23.1 Å². The van der Waals surface area contributed by atoms with Gasteiger partial charge in [0.25, 0.3) is 0 Å². The topological polar surface area (TPSA) is 121 Å². The molecule has 3 N–H and O–H groups in total. The van der Waals surface area contributed by atoms with Crippen LogP contribution in [-0.4, -0.2) is 36.1 Å². The number of carboxylic acids is 1. The van der Waals surface area contributed by atoms with Gasteiger partial charge in [-0.1, -0.05) is 6.07 Å². The third kappa shape index (κ3) is 4.08. The molecule has 3 heterocycles. The van der Waals surface area contributed by atoms with Gasteiger partial charge in [-0.25, -0.2) is 19.7 Å². The number of aryl methyl sites for hydroxylation is 2. The molecule has 0 spiro atoms. The van der Waals surface area contributed by atoms with Crippen molar-refractivity contribution in [1.82, 2.24) is 19.9 Å². The number of nitrogens with one attached hydrogen (secondary N) is 1. The molecule has 1 aliphatic carbocycles. The van der Waals surface area contributed by atoms with Crippen molar-refractivity contribution in [2.45, 2.75) is 31.8 Å². The van der Waals surface area contributed by atoms with E-state index >= 15 is 0 Å². The second-order valence-corrected chi connectivity index (χ2v) is 9.08. The number of aromatic nitrogens is 4. The van der Waals surface area contributed by atoms with E-state index in [1.165, 1.54) is 11.3 Å². The zero-order valence-corrected chi connectivity index (χ0v) is 18.6. The number of aromatic carboxylic acids is 1. The Hall–Kier alpha value is -3.69. The molecule has 0 amide bonds. The monoisotopic (exact) mass is 459 g/mol. The van der Waals surface area contributed by atoms with Gasteiger partial charge >= 0.3 is 5.97 Å². The van der Waals surface area contributed by atoms with Crippen molar-refractivity contribution >= 4 is 28.9 Å². The Morgan fingerprint density at radius 1 is 1.12 bits per heavy atom. The van der Waals surface area contributed by atoms with Crippen LogP contribution in [0.4, 0.5) is 11.6 Å². The molecule has 0 aliphatic heterocycles. The van der Waals surface area contributed by atoms with Gasteiger partial charge in [0.05, 0.1) is 22.3 Å². The summed E-state index contributed by atoms with van der Waals surface area (Å²) in [6.07, 6.45) is 8.57. The molecular weight excluding hydrogens is 438 g/mol. The van der Waals surface area contributed by atoms with Gasteiger partial charge in [-0.15, -0.1) is 11.3 Å². The lowest BCUT2D eigenvalue weighted by atomic mass is 9.79. The van der Waals surface area contributed by atoms with E-state index in [1.807, 2.05) is 19.1 Å². The van der Waals surface area contributed by atoms with Crippen LogP contribution in [0, 0.1) is 6.92 Å². The van der Waals surface area contributed by atoms with E-state index in [-0.39, 0.29) is 5.56 Å². The number of anilines is 2. The van der Waals surface area contributed by atoms with Crippen LogP contribution in [0.5, 0.6) is 0 Å². The highest BCUT2D eigenvalue weighted by molar-refractivity contribution is 7.15. The van der Waals surface area contributed by atoms with Crippen LogP contribution in [0.1, 0.15) is 44.9 Å². The normalized spacial score (nSPS) is 17.4. The molecule has 3 aromatic heterocycles. The van der Waals surface area contributed by atoms with E-state index in [4.69, 9.17) is 4.98 Å². The van der Waals surface area contributed by atoms with Gasteiger partial charge < -0.3 is 15.5 Å². The van der Waals surface area contributed by atoms with E-state index in [2.05, 4.69) is 20.3 Å². The van der Waals surface area contributed by atoms with E-state index < -0.39 is 11.6 Å². The Morgan fingerprint density at radius 2 is 2.00 bits per heavy atom. The van der Waals surface area contributed by atoms with E-state index in [9.17, 15) is 15.0 Å². The molecule has 4 aromatic rings.